The summed E-state index contributed by atoms with van der Waals surface area (Å²) < 4.78 is 0. The molecule has 1 amide bonds. The first-order valence-corrected chi connectivity index (χ1v) is 6.11. The Morgan fingerprint density at radius 2 is 2.06 bits per heavy atom. The maximum atomic E-state index is 11.5. The number of non-ortho nitro benzene ring substituents is 1. The number of amides is 1. The molecule has 1 N–H and O–H groups in total. The summed E-state index contributed by atoms with van der Waals surface area (Å²) >= 11 is 3.25. The van der Waals surface area contributed by atoms with Crippen molar-refractivity contribution in [2.75, 3.05) is 0 Å². The number of hydrogen-bond acceptors (Lipinski definition) is 3. The summed E-state index contributed by atoms with van der Waals surface area (Å²) in [4.78, 5) is 21.2. The van der Waals surface area contributed by atoms with Crippen molar-refractivity contribution >= 4 is 27.5 Å². The molecule has 1 unspecified atom stereocenters. The van der Waals surface area contributed by atoms with Crippen molar-refractivity contribution in [2.24, 2.45) is 0 Å². The standard InChI is InChI=1S/C11H13BrN2O3/c1-2-10(12)11(15)13-7-8-3-5-9(6-4-8)14(16)17/h3-6,10H,2,7H2,1H3,(H,13,15). The van der Waals surface area contributed by atoms with Crippen LogP contribution in [-0.2, 0) is 11.3 Å². The fourth-order valence-electron chi connectivity index (χ4n) is 1.22. The molecule has 0 aromatic heterocycles. The molecule has 0 aliphatic heterocycles. The van der Waals surface area contributed by atoms with E-state index in [-0.39, 0.29) is 16.4 Å². The number of halogens is 1. The molecule has 1 aromatic carbocycles. The van der Waals surface area contributed by atoms with Crippen molar-refractivity contribution in [2.45, 2.75) is 24.7 Å². The van der Waals surface area contributed by atoms with Crippen LogP contribution in [0, 0.1) is 10.1 Å². The van der Waals surface area contributed by atoms with Gasteiger partial charge >= 0.3 is 0 Å². The van der Waals surface area contributed by atoms with E-state index in [0.717, 1.165) is 5.56 Å². The van der Waals surface area contributed by atoms with Crippen molar-refractivity contribution in [3.63, 3.8) is 0 Å². The van der Waals surface area contributed by atoms with Gasteiger partial charge in [-0.25, -0.2) is 0 Å². The molecule has 5 nitrogen and oxygen atoms in total. The van der Waals surface area contributed by atoms with E-state index < -0.39 is 4.92 Å². The molecule has 92 valence electrons. The average Bonchev–Trinajstić information content (AvgIpc) is 2.35. The molecular weight excluding hydrogens is 288 g/mol. The van der Waals surface area contributed by atoms with Crippen molar-refractivity contribution < 1.29 is 9.72 Å². The predicted molar refractivity (Wildman–Crippen MR) is 67.9 cm³/mol. The topological polar surface area (TPSA) is 72.2 Å². The van der Waals surface area contributed by atoms with Gasteiger partial charge in [-0.2, -0.15) is 0 Å². The number of nitrogens with zero attached hydrogens (tertiary/aromatic N) is 1. The van der Waals surface area contributed by atoms with Crippen LogP contribution in [-0.4, -0.2) is 15.7 Å². The Labute approximate surface area is 107 Å². The minimum absolute atomic E-state index is 0.0482. The molecule has 0 aliphatic carbocycles. The first kappa shape index (κ1) is 13.6. The molecule has 1 atom stereocenters. The number of rotatable bonds is 5. The van der Waals surface area contributed by atoms with Crippen LogP contribution in [0.5, 0.6) is 0 Å². The predicted octanol–water partition coefficient (Wildman–Crippen LogP) is 2.38. The van der Waals surface area contributed by atoms with Gasteiger partial charge in [0.15, 0.2) is 0 Å². The summed E-state index contributed by atoms with van der Waals surface area (Å²) in [5.41, 5.74) is 0.881. The Bertz CT molecular complexity index is 406. The van der Waals surface area contributed by atoms with Gasteiger partial charge in [0.2, 0.25) is 5.91 Å². The average molecular weight is 301 g/mol. The first-order chi connectivity index (χ1) is 8.04. The Hall–Kier alpha value is -1.43. The lowest BCUT2D eigenvalue weighted by atomic mass is 10.2. The number of nitro benzene ring substituents is 1. The Morgan fingerprint density at radius 3 is 2.53 bits per heavy atom. The number of benzene rings is 1. The zero-order chi connectivity index (χ0) is 12.8. The summed E-state index contributed by atoms with van der Waals surface area (Å²) in [6, 6.07) is 6.11. The Balaban J connectivity index is 2.53. The maximum absolute atomic E-state index is 11.5. The lowest BCUT2D eigenvalue weighted by Crippen LogP contribution is -2.30. The third-order valence-corrected chi connectivity index (χ3v) is 3.32. The van der Waals surface area contributed by atoms with Crippen LogP contribution in [0.1, 0.15) is 18.9 Å². The van der Waals surface area contributed by atoms with E-state index in [1.165, 1.54) is 12.1 Å². The number of alkyl halides is 1. The van der Waals surface area contributed by atoms with Crippen LogP contribution in [0.25, 0.3) is 0 Å². The lowest BCUT2D eigenvalue weighted by molar-refractivity contribution is -0.384. The fourth-order valence-corrected chi connectivity index (χ4v) is 1.38. The van der Waals surface area contributed by atoms with Gasteiger partial charge < -0.3 is 5.32 Å². The van der Waals surface area contributed by atoms with Crippen LogP contribution in [0.2, 0.25) is 0 Å². The molecular formula is C11H13BrN2O3. The van der Waals surface area contributed by atoms with E-state index in [1.54, 1.807) is 12.1 Å². The summed E-state index contributed by atoms with van der Waals surface area (Å²) in [6.07, 6.45) is 0.714. The molecule has 1 aromatic rings. The maximum Gasteiger partial charge on any atom is 0.269 e. The largest absolute Gasteiger partial charge is 0.351 e. The van der Waals surface area contributed by atoms with Crippen LogP contribution < -0.4 is 5.32 Å². The number of carbonyl (C=O) groups excluding carboxylic acids is 1. The SMILES string of the molecule is CCC(Br)C(=O)NCc1ccc([N+](=O)[O-])cc1. The highest BCUT2D eigenvalue weighted by molar-refractivity contribution is 9.10. The number of nitro groups is 1. The molecule has 1 rings (SSSR count). The molecule has 6 heteroatoms. The van der Waals surface area contributed by atoms with Crippen molar-refractivity contribution in [1.29, 1.82) is 0 Å². The summed E-state index contributed by atoms with van der Waals surface area (Å²) in [6.45, 7) is 2.28. The number of carbonyl (C=O) groups is 1. The molecule has 0 saturated carbocycles. The van der Waals surface area contributed by atoms with Gasteiger partial charge in [0, 0.05) is 18.7 Å². The molecule has 0 bridgehead atoms. The summed E-state index contributed by atoms with van der Waals surface area (Å²) in [5, 5.41) is 13.2. The van der Waals surface area contributed by atoms with Gasteiger partial charge in [-0.15, -0.1) is 0 Å². The third-order valence-electron chi connectivity index (χ3n) is 2.26. The minimum atomic E-state index is -0.450. The molecule has 17 heavy (non-hydrogen) atoms. The van der Waals surface area contributed by atoms with Crippen LogP contribution in [0.15, 0.2) is 24.3 Å². The van der Waals surface area contributed by atoms with E-state index >= 15 is 0 Å². The van der Waals surface area contributed by atoms with Crippen LogP contribution in [0.4, 0.5) is 5.69 Å². The second-order valence-corrected chi connectivity index (χ2v) is 4.62. The molecule has 0 fully saturated rings. The van der Waals surface area contributed by atoms with Crippen LogP contribution >= 0.6 is 15.9 Å². The van der Waals surface area contributed by atoms with Gasteiger partial charge in [-0.05, 0) is 12.0 Å². The van der Waals surface area contributed by atoms with Gasteiger partial charge in [0.25, 0.3) is 5.69 Å². The van der Waals surface area contributed by atoms with E-state index in [9.17, 15) is 14.9 Å². The molecule has 0 radical (unpaired) electrons. The highest BCUT2D eigenvalue weighted by Gasteiger charge is 2.11. The number of nitrogens with one attached hydrogen (secondary N) is 1. The third kappa shape index (κ3) is 4.14. The second-order valence-electron chi connectivity index (χ2n) is 3.52. The quantitative estimate of drug-likeness (QED) is 0.515. The van der Waals surface area contributed by atoms with Crippen molar-refractivity contribution in [1.82, 2.24) is 5.32 Å². The minimum Gasteiger partial charge on any atom is -0.351 e. The summed E-state index contributed by atoms with van der Waals surface area (Å²) in [7, 11) is 0. The number of hydrogen-bond donors (Lipinski definition) is 1. The first-order valence-electron chi connectivity index (χ1n) is 5.19. The van der Waals surface area contributed by atoms with E-state index in [1.807, 2.05) is 6.92 Å². The Kier molecular flexibility index (Phi) is 5.09. The highest BCUT2D eigenvalue weighted by Crippen LogP contribution is 2.12. The van der Waals surface area contributed by atoms with E-state index in [2.05, 4.69) is 21.2 Å². The monoisotopic (exact) mass is 300 g/mol. The zero-order valence-electron chi connectivity index (χ0n) is 9.35. The van der Waals surface area contributed by atoms with Gasteiger partial charge in [-0.3, -0.25) is 14.9 Å². The molecule has 0 aliphatic rings. The molecule has 0 saturated heterocycles. The van der Waals surface area contributed by atoms with Crippen LogP contribution in [0.3, 0.4) is 0 Å². The van der Waals surface area contributed by atoms with E-state index in [0.29, 0.717) is 13.0 Å². The Morgan fingerprint density at radius 1 is 1.47 bits per heavy atom. The zero-order valence-corrected chi connectivity index (χ0v) is 10.9. The van der Waals surface area contributed by atoms with E-state index in [4.69, 9.17) is 0 Å². The molecule has 0 heterocycles. The second kappa shape index (κ2) is 6.34. The lowest BCUT2D eigenvalue weighted by Gasteiger charge is -2.08. The normalized spacial score (nSPS) is 11.9. The van der Waals surface area contributed by atoms with Gasteiger partial charge in [-0.1, -0.05) is 35.0 Å². The smallest absolute Gasteiger partial charge is 0.269 e. The van der Waals surface area contributed by atoms with Crippen molar-refractivity contribution in [3.05, 3.63) is 39.9 Å². The highest BCUT2D eigenvalue weighted by atomic mass is 79.9. The fraction of sp³-hybridized carbons (Fsp3) is 0.364. The van der Waals surface area contributed by atoms with Gasteiger partial charge in [0.05, 0.1) is 9.75 Å². The van der Waals surface area contributed by atoms with Gasteiger partial charge in [0.1, 0.15) is 0 Å². The summed E-state index contributed by atoms with van der Waals surface area (Å²) in [5.74, 6) is -0.0779. The molecule has 0 spiro atoms. The van der Waals surface area contributed by atoms with Crippen molar-refractivity contribution in [3.8, 4) is 0 Å².